The zero-order chi connectivity index (χ0) is 15.7. The molecule has 118 valence electrons. The van der Waals surface area contributed by atoms with Crippen LogP contribution in [-0.4, -0.2) is 18.0 Å². The number of hydrogen-bond donors (Lipinski definition) is 2. The van der Waals surface area contributed by atoms with Crippen molar-refractivity contribution in [2.45, 2.75) is 43.8 Å². The number of sulfonamides is 1. The van der Waals surface area contributed by atoms with E-state index in [1.807, 2.05) is 25.1 Å². The zero-order valence-electron chi connectivity index (χ0n) is 12.5. The minimum Gasteiger partial charge on any atom is -0.399 e. The van der Waals surface area contributed by atoms with E-state index < -0.39 is 10.0 Å². The van der Waals surface area contributed by atoms with E-state index in [-0.39, 0.29) is 11.1 Å². The number of nitrogens with one attached hydrogen (secondary N) is 1. The first-order valence-corrected chi connectivity index (χ1v) is 8.90. The first-order valence-electron chi connectivity index (χ1n) is 7.42. The molecule has 0 spiro atoms. The molecule has 1 aromatic heterocycles. The minimum atomic E-state index is -3.62. The summed E-state index contributed by atoms with van der Waals surface area (Å²) in [5.74, 6) is 0. The van der Waals surface area contributed by atoms with Gasteiger partial charge in [-0.15, -0.1) is 0 Å². The third-order valence-corrected chi connectivity index (χ3v) is 5.39. The van der Waals surface area contributed by atoms with Gasteiger partial charge in [0.2, 0.25) is 0 Å². The summed E-state index contributed by atoms with van der Waals surface area (Å²) in [6.45, 7) is 2.63. The van der Waals surface area contributed by atoms with Crippen LogP contribution in [0.1, 0.15) is 36.9 Å². The van der Waals surface area contributed by atoms with Crippen LogP contribution in [0, 0.1) is 0 Å². The Morgan fingerprint density at radius 2 is 2.27 bits per heavy atom. The minimum absolute atomic E-state index is 0.0666. The maximum Gasteiger partial charge on any atom is 0.260 e. The topological polar surface area (TPSA) is 90.0 Å². The normalized spacial score (nSPS) is 18.1. The van der Waals surface area contributed by atoms with Gasteiger partial charge in [0.25, 0.3) is 10.0 Å². The summed E-state index contributed by atoms with van der Waals surface area (Å²) in [5, 5.41) is 0.0666. The Hall–Kier alpha value is -1.86. The second kappa shape index (κ2) is 5.73. The maximum absolute atomic E-state index is 12.5. The number of aryl methyl sites for hydroxylation is 2. The van der Waals surface area contributed by atoms with Gasteiger partial charge in [-0.2, -0.15) is 0 Å². The van der Waals surface area contributed by atoms with Crippen molar-refractivity contribution in [3.63, 3.8) is 0 Å². The van der Waals surface area contributed by atoms with Gasteiger partial charge in [0.1, 0.15) is 0 Å². The van der Waals surface area contributed by atoms with E-state index in [1.54, 1.807) is 10.8 Å². The number of nitrogens with two attached hydrogens (primary N) is 1. The van der Waals surface area contributed by atoms with Crippen LogP contribution in [-0.2, 0) is 23.0 Å². The largest absolute Gasteiger partial charge is 0.399 e. The highest BCUT2D eigenvalue weighted by Gasteiger charge is 2.27. The number of fused-ring (bicyclic) bond motifs is 1. The number of nitrogen functional groups attached to an aromatic ring is 1. The molecule has 0 amide bonds. The van der Waals surface area contributed by atoms with E-state index in [0.29, 0.717) is 12.2 Å². The van der Waals surface area contributed by atoms with Crippen LogP contribution in [0.2, 0.25) is 0 Å². The van der Waals surface area contributed by atoms with Gasteiger partial charge in [0.05, 0.1) is 6.33 Å². The van der Waals surface area contributed by atoms with Crippen LogP contribution in [0.25, 0.3) is 0 Å². The second-order valence-corrected chi connectivity index (χ2v) is 7.23. The van der Waals surface area contributed by atoms with Gasteiger partial charge in [-0.25, -0.2) is 18.1 Å². The molecule has 6 nitrogen and oxygen atoms in total. The van der Waals surface area contributed by atoms with E-state index in [9.17, 15) is 8.42 Å². The lowest BCUT2D eigenvalue weighted by atomic mass is 9.88. The van der Waals surface area contributed by atoms with E-state index in [2.05, 4.69) is 9.71 Å². The Kier molecular flexibility index (Phi) is 3.92. The Morgan fingerprint density at radius 3 is 3.00 bits per heavy atom. The molecule has 0 aliphatic heterocycles. The number of benzene rings is 1. The standard InChI is InChI=1S/C15H20N4O2S/c1-2-19-9-15(17-10-19)22(20,21)18-14-5-3-4-11-8-12(16)6-7-13(11)14/h6-10,14,18H,2-5,16H2,1H3. The molecule has 0 radical (unpaired) electrons. The molecule has 3 N–H and O–H groups in total. The highest BCUT2D eigenvalue weighted by molar-refractivity contribution is 7.89. The predicted molar refractivity (Wildman–Crippen MR) is 84.8 cm³/mol. The van der Waals surface area contributed by atoms with Crippen molar-refractivity contribution in [2.75, 3.05) is 5.73 Å². The molecule has 1 aromatic carbocycles. The maximum atomic E-state index is 12.5. The average molecular weight is 320 g/mol. The van der Waals surface area contributed by atoms with Crippen molar-refractivity contribution in [1.82, 2.24) is 14.3 Å². The quantitative estimate of drug-likeness (QED) is 0.841. The van der Waals surface area contributed by atoms with Crippen LogP contribution in [0.15, 0.2) is 35.7 Å². The highest BCUT2D eigenvalue weighted by Crippen LogP contribution is 2.32. The lowest BCUT2D eigenvalue weighted by molar-refractivity contribution is 0.506. The number of imidazole rings is 1. The molecule has 7 heteroatoms. The molecule has 0 saturated heterocycles. The Balaban J connectivity index is 1.87. The molecule has 1 aliphatic rings. The van der Waals surface area contributed by atoms with Gasteiger partial charge in [-0.05, 0) is 49.4 Å². The van der Waals surface area contributed by atoms with Crippen molar-refractivity contribution < 1.29 is 8.42 Å². The molecule has 1 aliphatic carbocycles. The third-order valence-electron chi connectivity index (χ3n) is 4.03. The molecule has 0 saturated carbocycles. The Labute approximate surface area is 130 Å². The van der Waals surface area contributed by atoms with Crippen molar-refractivity contribution in [3.05, 3.63) is 41.9 Å². The lowest BCUT2D eigenvalue weighted by Crippen LogP contribution is -2.31. The molecule has 22 heavy (non-hydrogen) atoms. The summed E-state index contributed by atoms with van der Waals surface area (Å²) >= 11 is 0. The second-order valence-electron chi connectivity index (χ2n) is 5.57. The number of rotatable bonds is 4. The molecule has 1 atom stereocenters. The SMILES string of the molecule is CCn1cnc(S(=O)(=O)NC2CCCc3cc(N)ccc32)c1. The summed E-state index contributed by atoms with van der Waals surface area (Å²) in [4.78, 5) is 3.99. The van der Waals surface area contributed by atoms with Gasteiger partial charge in [-0.3, -0.25) is 0 Å². The van der Waals surface area contributed by atoms with Crippen molar-refractivity contribution in [1.29, 1.82) is 0 Å². The smallest absolute Gasteiger partial charge is 0.260 e. The number of aromatic nitrogens is 2. The molecule has 0 bridgehead atoms. The van der Waals surface area contributed by atoms with Crippen LogP contribution < -0.4 is 10.5 Å². The molecule has 1 heterocycles. The van der Waals surface area contributed by atoms with Gasteiger partial charge in [-0.1, -0.05) is 6.07 Å². The first kappa shape index (κ1) is 15.1. The fraction of sp³-hybridized carbons (Fsp3) is 0.400. The fourth-order valence-electron chi connectivity index (χ4n) is 2.86. The monoisotopic (exact) mass is 320 g/mol. The Bertz CT molecular complexity index is 783. The summed E-state index contributed by atoms with van der Waals surface area (Å²) in [5.41, 5.74) is 8.66. The molecular formula is C15H20N4O2S. The summed E-state index contributed by atoms with van der Waals surface area (Å²) in [6, 6.07) is 5.45. The molecule has 0 fully saturated rings. The van der Waals surface area contributed by atoms with E-state index in [4.69, 9.17) is 5.73 Å². The van der Waals surface area contributed by atoms with Crippen LogP contribution >= 0.6 is 0 Å². The van der Waals surface area contributed by atoms with Gasteiger partial charge < -0.3 is 10.3 Å². The Morgan fingerprint density at radius 1 is 1.45 bits per heavy atom. The van der Waals surface area contributed by atoms with E-state index in [1.165, 1.54) is 6.33 Å². The summed E-state index contributed by atoms with van der Waals surface area (Å²) in [6.07, 6.45) is 5.74. The van der Waals surface area contributed by atoms with Crippen LogP contribution in [0.4, 0.5) is 5.69 Å². The van der Waals surface area contributed by atoms with E-state index in [0.717, 1.165) is 30.4 Å². The molecular weight excluding hydrogens is 300 g/mol. The van der Waals surface area contributed by atoms with Gasteiger partial charge >= 0.3 is 0 Å². The number of hydrogen-bond acceptors (Lipinski definition) is 4. The summed E-state index contributed by atoms with van der Waals surface area (Å²) < 4.78 is 29.5. The predicted octanol–water partition coefficient (Wildman–Crippen LogP) is 1.84. The summed E-state index contributed by atoms with van der Waals surface area (Å²) in [7, 11) is -3.62. The third kappa shape index (κ3) is 2.86. The van der Waals surface area contributed by atoms with Crippen molar-refractivity contribution in [3.8, 4) is 0 Å². The molecule has 3 rings (SSSR count). The van der Waals surface area contributed by atoms with Crippen molar-refractivity contribution in [2.24, 2.45) is 0 Å². The number of anilines is 1. The number of nitrogens with zero attached hydrogens (tertiary/aromatic N) is 2. The van der Waals surface area contributed by atoms with Crippen LogP contribution in [0.5, 0.6) is 0 Å². The van der Waals surface area contributed by atoms with Crippen LogP contribution in [0.3, 0.4) is 0 Å². The zero-order valence-corrected chi connectivity index (χ0v) is 13.3. The molecule has 2 aromatic rings. The van der Waals surface area contributed by atoms with Gasteiger partial charge in [0, 0.05) is 24.5 Å². The fourth-order valence-corrected chi connectivity index (χ4v) is 4.06. The van der Waals surface area contributed by atoms with Gasteiger partial charge in [0.15, 0.2) is 5.03 Å². The first-order chi connectivity index (χ1) is 10.5. The lowest BCUT2D eigenvalue weighted by Gasteiger charge is -2.26. The molecule has 1 unspecified atom stereocenters. The van der Waals surface area contributed by atoms with E-state index >= 15 is 0 Å². The van der Waals surface area contributed by atoms with Crippen molar-refractivity contribution >= 4 is 15.7 Å². The average Bonchev–Trinajstić information content (AvgIpc) is 2.96. The highest BCUT2D eigenvalue weighted by atomic mass is 32.2.